The molecule has 0 spiro atoms. The van der Waals surface area contributed by atoms with Crippen LogP contribution in [0.3, 0.4) is 0 Å². The number of aromatic nitrogens is 4. The quantitative estimate of drug-likeness (QED) is 0.445. The molecule has 164 valence electrons. The van der Waals surface area contributed by atoms with E-state index in [1.165, 1.54) is 6.33 Å². The van der Waals surface area contributed by atoms with E-state index in [1.807, 2.05) is 66.2 Å². The van der Waals surface area contributed by atoms with Gasteiger partial charge in [-0.2, -0.15) is 5.10 Å². The van der Waals surface area contributed by atoms with Crippen LogP contribution in [0.2, 0.25) is 0 Å². The van der Waals surface area contributed by atoms with E-state index >= 15 is 0 Å². The topological polar surface area (TPSA) is 90.9 Å². The number of piperidine rings is 1. The van der Waals surface area contributed by atoms with E-state index in [0.717, 1.165) is 59.7 Å². The van der Waals surface area contributed by atoms with Crippen molar-refractivity contribution in [2.24, 2.45) is 0 Å². The Bertz CT molecular complexity index is 1160. The van der Waals surface area contributed by atoms with Gasteiger partial charge in [-0.15, -0.1) is 6.58 Å². The molecule has 2 aromatic carbocycles. The molecular formula is C25H28N6O. The van der Waals surface area contributed by atoms with Gasteiger partial charge in [0, 0.05) is 12.1 Å². The molecule has 1 saturated heterocycles. The average Bonchev–Trinajstić information content (AvgIpc) is 3.22. The molecule has 4 aromatic rings. The third kappa shape index (κ3) is 4.63. The van der Waals surface area contributed by atoms with Crippen molar-refractivity contribution in [3.8, 4) is 22.8 Å². The Hall–Kier alpha value is -3.71. The Labute approximate surface area is 188 Å². The highest BCUT2D eigenvalue weighted by Gasteiger charge is 2.23. The van der Waals surface area contributed by atoms with Crippen LogP contribution in [0.4, 0.5) is 5.82 Å². The van der Waals surface area contributed by atoms with Gasteiger partial charge in [-0.25, -0.2) is 14.6 Å². The summed E-state index contributed by atoms with van der Waals surface area (Å²) in [5.74, 6) is 2.02. The van der Waals surface area contributed by atoms with E-state index in [1.54, 1.807) is 6.08 Å². The highest BCUT2D eigenvalue weighted by Crippen LogP contribution is 2.34. The maximum Gasteiger partial charge on any atom is 0.164 e. The zero-order chi connectivity index (χ0) is 22.3. The molecule has 1 aliphatic rings. The molecule has 3 N–H and O–H groups in total. The van der Waals surface area contributed by atoms with Crippen LogP contribution in [0.15, 0.2) is 73.6 Å². The maximum absolute atomic E-state index is 6.22. The monoisotopic (exact) mass is 428 g/mol. The molecular weight excluding hydrogens is 400 g/mol. The van der Waals surface area contributed by atoms with Crippen molar-refractivity contribution >= 4 is 16.9 Å². The number of hydrogen-bond donors (Lipinski definition) is 2. The summed E-state index contributed by atoms with van der Waals surface area (Å²) in [5, 5.41) is 9.15. The molecule has 0 aliphatic carbocycles. The third-order valence-electron chi connectivity index (χ3n) is 5.24. The minimum Gasteiger partial charge on any atom is -0.457 e. The van der Waals surface area contributed by atoms with E-state index in [-0.39, 0.29) is 6.04 Å². The molecule has 0 amide bonds. The predicted octanol–water partition coefficient (Wildman–Crippen LogP) is 4.98. The van der Waals surface area contributed by atoms with Crippen molar-refractivity contribution in [3.05, 3.63) is 73.6 Å². The summed E-state index contributed by atoms with van der Waals surface area (Å²) in [7, 11) is 0. The molecule has 1 aliphatic heterocycles. The predicted molar refractivity (Wildman–Crippen MR) is 129 cm³/mol. The number of nitrogens with zero attached hydrogens (tertiary/aromatic N) is 4. The lowest BCUT2D eigenvalue weighted by atomic mass is 10.1. The number of nitrogen functional groups attached to an aromatic ring is 1. The molecule has 0 radical (unpaired) electrons. The first-order valence-electron chi connectivity index (χ1n) is 10.8. The number of benzene rings is 2. The number of fused-ring (bicyclic) bond motifs is 1. The minimum atomic E-state index is 0.259. The second kappa shape index (κ2) is 10.1. The molecule has 5 rings (SSSR count). The summed E-state index contributed by atoms with van der Waals surface area (Å²) >= 11 is 0. The van der Waals surface area contributed by atoms with E-state index in [0.29, 0.717) is 5.82 Å². The van der Waals surface area contributed by atoms with Gasteiger partial charge < -0.3 is 15.8 Å². The van der Waals surface area contributed by atoms with Crippen molar-refractivity contribution in [1.82, 2.24) is 25.1 Å². The highest BCUT2D eigenvalue weighted by atomic mass is 16.5. The van der Waals surface area contributed by atoms with E-state index in [9.17, 15) is 0 Å². The van der Waals surface area contributed by atoms with Crippen LogP contribution < -0.4 is 15.8 Å². The lowest BCUT2D eigenvalue weighted by Crippen LogP contribution is -2.32. The Balaban J connectivity index is 0.000000775. The SMILES string of the molecule is C=CC.Nc1ncnc2c1c(-c1ccc(Oc3ccccc3)cc1)nn2C1CCCNC1. The van der Waals surface area contributed by atoms with Gasteiger partial charge in [-0.3, -0.25) is 0 Å². The zero-order valence-corrected chi connectivity index (χ0v) is 18.2. The molecule has 0 saturated carbocycles. The first kappa shape index (κ1) is 21.5. The van der Waals surface area contributed by atoms with E-state index in [4.69, 9.17) is 15.6 Å². The second-order valence-corrected chi connectivity index (χ2v) is 7.60. The normalized spacial score (nSPS) is 15.6. The number of nitrogens with one attached hydrogen (secondary N) is 1. The molecule has 0 bridgehead atoms. The summed E-state index contributed by atoms with van der Waals surface area (Å²) in [4.78, 5) is 8.69. The Morgan fingerprint density at radius 2 is 1.81 bits per heavy atom. The fourth-order valence-corrected chi connectivity index (χ4v) is 3.80. The molecule has 7 heteroatoms. The summed E-state index contributed by atoms with van der Waals surface area (Å²) in [6, 6.07) is 17.9. The number of ether oxygens (including phenoxy) is 1. The third-order valence-corrected chi connectivity index (χ3v) is 5.24. The number of allylic oxidation sites excluding steroid dienone is 1. The van der Waals surface area contributed by atoms with E-state index in [2.05, 4.69) is 21.9 Å². The van der Waals surface area contributed by atoms with Gasteiger partial charge in [0.2, 0.25) is 0 Å². The highest BCUT2D eigenvalue weighted by molar-refractivity contribution is 5.98. The smallest absolute Gasteiger partial charge is 0.164 e. The summed E-state index contributed by atoms with van der Waals surface area (Å²) in [5.41, 5.74) is 8.77. The van der Waals surface area contributed by atoms with Gasteiger partial charge in [-0.05, 0) is 62.7 Å². The van der Waals surface area contributed by atoms with Crippen LogP contribution in [-0.2, 0) is 0 Å². The molecule has 2 aromatic heterocycles. The van der Waals surface area contributed by atoms with Crippen molar-refractivity contribution in [2.75, 3.05) is 18.8 Å². The first-order valence-corrected chi connectivity index (χ1v) is 10.8. The van der Waals surface area contributed by atoms with Crippen LogP contribution in [0.1, 0.15) is 25.8 Å². The minimum absolute atomic E-state index is 0.259. The van der Waals surface area contributed by atoms with Crippen molar-refractivity contribution in [2.45, 2.75) is 25.8 Å². The fourth-order valence-electron chi connectivity index (χ4n) is 3.80. The van der Waals surface area contributed by atoms with Crippen molar-refractivity contribution < 1.29 is 4.74 Å². The lowest BCUT2D eigenvalue weighted by Gasteiger charge is -2.23. The van der Waals surface area contributed by atoms with E-state index < -0.39 is 0 Å². The van der Waals surface area contributed by atoms with Crippen LogP contribution in [-0.4, -0.2) is 32.8 Å². The standard InChI is InChI=1S/C22H22N6O.C3H6/c23-21-19-20(15-8-10-18(11-9-15)29-17-6-2-1-3-7-17)27-28(22(19)26-14-25-21)16-5-4-12-24-13-16;1-3-2/h1-3,6-11,14,16,24H,4-5,12-13H2,(H2,23,25,26);3H,1H2,2H3. The number of para-hydroxylation sites is 1. The summed E-state index contributed by atoms with van der Waals surface area (Å²) < 4.78 is 7.90. The Kier molecular flexibility index (Phi) is 6.77. The second-order valence-electron chi connectivity index (χ2n) is 7.60. The molecule has 1 unspecified atom stereocenters. The maximum atomic E-state index is 6.22. The van der Waals surface area contributed by atoms with Crippen molar-refractivity contribution in [1.29, 1.82) is 0 Å². The van der Waals surface area contributed by atoms with Gasteiger partial charge in [0.05, 0.1) is 11.4 Å². The van der Waals surface area contributed by atoms with Gasteiger partial charge in [0.25, 0.3) is 0 Å². The molecule has 1 fully saturated rings. The Morgan fingerprint density at radius 1 is 1.09 bits per heavy atom. The van der Waals surface area contributed by atoms with Crippen molar-refractivity contribution in [3.63, 3.8) is 0 Å². The van der Waals surface area contributed by atoms with Gasteiger partial charge in [0.1, 0.15) is 29.3 Å². The number of hydrogen-bond acceptors (Lipinski definition) is 6. The first-order chi connectivity index (χ1) is 15.7. The van der Waals surface area contributed by atoms with Gasteiger partial charge in [-0.1, -0.05) is 24.3 Å². The van der Waals surface area contributed by atoms with Crippen LogP contribution in [0.25, 0.3) is 22.3 Å². The number of anilines is 1. The largest absolute Gasteiger partial charge is 0.457 e. The molecule has 1 atom stereocenters. The molecule has 32 heavy (non-hydrogen) atoms. The zero-order valence-electron chi connectivity index (χ0n) is 18.2. The average molecular weight is 429 g/mol. The van der Waals surface area contributed by atoms with Crippen LogP contribution in [0, 0.1) is 0 Å². The summed E-state index contributed by atoms with van der Waals surface area (Å²) in [6.45, 7) is 7.17. The van der Waals surface area contributed by atoms with Crippen LogP contribution in [0.5, 0.6) is 11.5 Å². The van der Waals surface area contributed by atoms with Crippen LogP contribution >= 0.6 is 0 Å². The lowest BCUT2D eigenvalue weighted by molar-refractivity contribution is 0.354. The fraction of sp³-hybridized carbons (Fsp3) is 0.240. The van der Waals surface area contributed by atoms with Gasteiger partial charge in [0.15, 0.2) is 5.65 Å². The number of rotatable bonds is 4. The number of nitrogens with two attached hydrogens (primary N) is 1. The Morgan fingerprint density at radius 3 is 2.50 bits per heavy atom. The molecule has 7 nitrogen and oxygen atoms in total. The summed E-state index contributed by atoms with van der Waals surface area (Å²) in [6.07, 6.45) is 5.44. The molecule has 3 heterocycles. The van der Waals surface area contributed by atoms with Gasteiger partial charge >= 0.3 is 0 Å².